The summed E-state index contributed by atoms with van der Waals surface area (Å²) >= 11 is 0. The molecule has 0 bridgehead atoms. The minimum Gasteiger partial charge on any atom is -0.360 e. The van der Waals surface area contributed by atoms with Crippen LogP contribution in [0.2, 0.25) is 0 Å². The van der Waals surface area contributed by atoms with E-state index in [-0.39, 0.29) is 54.3 Å². The van der Waals surface area contributed by atoms with Gasteiger partial charge in [-0.25, -0.2) is 8.42 Å². The zero-order valence-corrected chi connectivity index (χ0v) is 17.5. The molecule has 160 valence electrons. The molecule has 3 amide bonds. The first kappa shape index (κ1) is 21.4. The summed E-state index contributed by atoms with van der Waals surface area (Å²) in [4.78, 5) is 37.0. The van der Waals surface area contributed by atoms with Crippen LogP contribution >= 0.6 is 0 Å². The highest BCUT2D eigenvalue weighted by molar-refractivity contribution is 7.89. The van der Waals surface area contributed by atoms with Crippen molar-refractivity contribution in [3.63, 3.8) is 0 Å². The smallest absolute Gasteiger partial charge is 0.248 e. The van der Waals surface area contributed by atoms with E-state index in [1.807, 2.05) is 0 Å². The number of amides is 3. The Morgan fingerprint density at radius 3 is 2.55 bits per heavy atom. The SMILES string of the molecule is Cc1noc(C)c1S(=O)(=O)N1CCCC(C(=O)NCCCN2C(=O)CCC2=O)C1. The van der Waals surface area contributed by atoms with Crippen LogP contribution in [0.25, 0.3) is 0 Å². The minimum atomic E-state index is -3.78. The fourth-order valence-electron chi connectivity index (χ4n) is 3.81. The summed E-state index contributed by atoms with van der Waals surface area (Å²) in [7, 11) is -3.78. The number of hydrogen-bond donors (Lipinski definition) is 1. The standard InChI is InChI=1S/C18H26N4O6S/c1-12-17(13(2)28-20-12)29(26,27)21-9-3-5-14(11-21)18(25)19-8-4-10-22-15(23)6-7-16(22)24/h14H,3-11H2,1-2H3,(H,19,25). The number of imide groups is 1. The Morgan fingerprint density at radius 1 is 1.24 bits per heavy atom. The van der Waals surface area contributed by atoms with Crippen LogP contribution in [-0.2, 0) is 24.4 Å². The molecule has 0 spiro atoms. The van der Waals surface area contributed by atoms with Crippen LogP contribution in [0.1, 0.15) is 43.6 Å². The van der Waals surface area contributed by atoms with Crippen molar-refractivity contribution >= 4 is 27.7 Å². The summed E-state index contributed by atoms with van der Waals surface area (Å²) in [6.07, 6.45) is 2.16. The van der Waals surface area contributed by atoms with Crippen molar-refractivity contribution in [1.82, 2.24) is 19.7 Å². The zero-order valence-electron chi connectivity index (χ0n) is 16.6. The Balaban J connectivity index is 1.53. The topological polar surface area (TPSA) is 130 Å². The van der Waals surface area contributed by atoms with Gasteiger partial charge in [0.1, 0.15) is 10.6 Å². The zero-order chi connectivity index (χ0) is 21.2. The molecule has 1 aromatic rings. The van der Waals surface area contributed by atoms with Crippen LogP contribution in [0.15, 0.2) is 9.42 Å². The molecular formula is C18H26N4O6S. The van der Waals surface area contributed by atoms with E-state index in [0.29, 0.717) is 38.0 Å². The predicted molar refractivity (Wildman–Crippen MR) is 101 cm³/mol. The van der Waals surface area contributed by atoms with E-state index in [0.717, 1.165) is 0 Å². The molecule has 0 saturated carbocycles. The van der Waals surface area contributed by atoms with Crippen molar-refractivity contribution < 1.29 is 27.3 Å². The molecule has 3 heterocycles. The largest absolute Gasteiger partial charge is 0.360 e. The Bertz CT molecular complexity index is 874. The lowest BCUT2D eigenvalue weighted by atomic mass is 9.99. The van der Waals surface area contributed by atoms with Gasteiger partial charge in [0.2, 0.25) is 27.7 Å². The number of piperidine rings is 1. The van der Waals surface area contributed by atoms with Gasteiger partial charge >= 0.3 is 0 Å². The number of hydrogen-bond acceptors (Lipinski definition) is 7. The van der Waals surface area contributed by atoms with Gasteiger partial charge in [0, 0.05) is 39.0 Å². The van der Waals surface area contributed by atoms with E-state index < -0.39 is 15.9 Å². The van der Waals surface area contributed by atoms with E-state index in [4.69, 9.17) is 4.52 Å². The van der Waals surface area contributed by atoms with Gasteiger partial charge in [0.05, 0.1) is 5.92 Å². The van der Waals surface area contributed by atoms with Crippen LogP contribution in [0.4, 0.5) is 0 Å². The van der Waals surface area contributed by atoms with Crippen LogP contribution in [0, 0.1) is 19.8 Å². The van der Waals surface area contributed by atoms with E-state index in [1.165, 1.54) is 9.21 Å². The van der Waals surface area contributed by atoms with E-state index in [9.17, 15) is 22.8 Å². The minimum absolute atomic E-state index is 0.0681. The summed E-state index contributed by atoms with van der Waals surface area (Å²) in [6, 6.07) is 0. The second-order valence-corrected chi connectivity index (χ2v) is 9.31. The third-order valence-corrected chi connectivity index (χ3v) is 7.44. The number of rotatable bonds is 7. The first-order chi connectivity index (χ1) is 13.7. The van der Waals surface area contributed by atoms with Crippen molar-refractivity contribution in [2.24, 2.45) is 5.92 Å². The summed E-state index contributed by atoms with van der Waals surface area (Å²) in [5.74, 6) is -0.778. The van der Waals surface area contributed by atoms with Crippen molar-refractivity contribution in [3.8, 4) is 0 Å². The number of aromatic nitrogens is 1. The first-order valence-electron chi connectivity index (χ1n) is 9.75. The average molecular weight is 426 g/mol. The van der Waals surface area contributed by atoms with Gasteiger partial charge in [0.15, 0.2) is 5.76 Å². The first-order valence-corrected chi connectivity index (χ1v) is 11.2. The van der Waals surface area contributed by atoms with Crippen LogP contribution in [0.3, 0.4) is 0 Å². The van der Waals surface area contributed by atoms with Gasteiger partial charge in [-0.1, -0.05) is 5.16 Å². The van der Waals surface area contributed by atoms with Gasteiger partial charge in [-0.2, -0.15) is 4.31 Å². The molecule has 2 aliphatic heterocycles. The predicted octanol–water partition coefficient (Wildman–Crippen LogP) is 0.347. The third-order valence-electron chi connectivity index (χ3n) is 5.33. The molecule has 1 unspecified atom stereocenters. The molecule has 1 aromatic heterocycles. The number of nitrogens with one attached hydrogen (secondary N) is 1. The van der Waals surface area contributed by atoms with Gasteiger partial charge in [-0.15, -0.1) is 0 Å². The summed E-state index contributed by atoms with van der Waals surface area (Å²) in [5.41, 5.74) is 0.306. The molecule has 1 atom stereocenters. The maximum Gasteiger partial charge on any atom is 0.248 e. The maximum atomic E-state index is 13.0. The number of sulfonamides is 1. The number of carbonyl (C=O) groups excluding carboxylic acids is 3. The lowest BCUT2D eigenvalue weighted by molar-refractivity contribution is -0.138. The molecule has 2 saturated heterocycles. The lowest BCUT2D eigenvalue weighted by Crippen LogP contribution is -2.46. The fraction of sp³-hybridized carbons (Fsp3) is 0.667. The maximum absolute atomic E-state index is 13.0. The molecule has 2 aliphatic rings. The molecule has 0 radical (unpaired) electrons. The average Bonchev–Trinajstić information content (AvgIpc) is 3.20. The highest BCUT2D eigenvalue weighted by Crippen LogP contribution is 2.27. The monoisotopic (exact) mass is 426 g/mol. The molecule has 3 rings (SSSR count). The number of aryl methyl sites for hydroxylation is 2. The second-order valence-electron chi connectivity index (χ2n) is 7.44. The Labute approximate surface area is 169 Å². The number of carbonyl (C=O) groups is 3. The van der Waals surface area contributed by atoms with Gasteiger partial charge in [0.25, 0.3) is 0 Å². The summed E-state index contributed by atoms with van der Waals surface area (Å²) in [5, 5.41) is 6.51. The lowest BCUT2D eigenvalue weighted by Gasteiger charge is -2.31. The third kappa shape index (κ3) is 4.50. The van der Waals surface area contributed by atoms with Crippen LogP contribution < -0.4 is 5.32 Å². The Hall–Kier alpha value is -2.27. The summed E-state index contributed by atoms with van der Waals surface area (Å²) in [6.45, 7) is 4.18. The second kappa shape index (κ2) is 8.62. The van der Waals surface area contributed by atoms with E-state index in [2.05, 4.69) is 10.5 Å². The molecule has 0 aliphatic carbocycles. The summed E-state index contributed by atoms with van der Waals surface area (Å²) < 4.78 is 32.2. The quantitative estimate of drug-likeness (QED) is 0.492. The van der Waals surface area contributed by atoms with Crippen molar-refractivity contribution in [2.45, 2.75) is 50.8 Å². The van der Waals surface area contributed by atoms with Gasteiger partial charge in [-0.3, -0.25) is 19.3 Å². The molecular weight excluding hydrogens is 400 g/mol. The molecule has 2 fully saturated rings. The Morgan fingerprint density at radius 2 is 1.93 bits per heavy atom. The Kier molecular flexibility index (Phi) is 6.37. The highest BCUT2D eigenvalue weighted by atomic mass is 32.2. The van der Waals surface area contributed by atoms with Crippen LogP contribution in [0.5, 0.6) is 0 Å². The van der Waals surface area contributed by atoms with Gasteiger partial charge in [-0.05, 0) is 33.1 Å². The van der Waals surface area contributed by atoms with E-state index >= 15 is 0 Å². The molecule has 11 heteroatoms. The number of nitrogens with zero attached hydrogens (tertiary/aromatic N) is 3. The van der Waals surface area contributed by atoms with E-state index in [1.54, 1.807) is 13.8 Å². The number of likely N-dealkylation sites (tertiary alicyclic amines) is 1. The van der Waals surface area contributed by atoms with Crippen molar-refractivity contribution in [2.75, 3.05) is 26.2 Å². The molecule has 29 heavy (non-hydrogen) atoms. The fourth-order valence-corrected chi connectivity index (χ4v) is 5.63. The molecule has 1 N–H and O–H groups in total. The van der Waals surface area contributed by atoms with Crippen molar-refractivity contribution in [1.29, 1.82) is 0 Å². The molecule has 0 aromatic carbocycles. The molecule has 10 nitrogen and oxygen atoms in total. The van der Waals surface area contributed by atoms with Crippen molar-refractivity contribution in [3.05, 3.63) is 11.5 Å². The van der Waals surface area contributed by atoms with Crippen LogP contribution in [-0.4, -0.2) is 66.7 Å². The normalized spacial score (nSPS) is 21.0. The highest BCUT2D eigenvalue weighted by Gasteiger charge is 2.36. The van der Waals surface area contributed by atoms with Gasteiger partial charge < -0.3 is 9.84 Å².